The third kappa shape index (κ3) is 3.97. The molecule has 1 saturated heterocycles. The minimum absolute atomic E-state index is 0.0819. The smallest absolute Gasteiger partial charge is 0.399 e. The molecule has 8 nitrogen and oxygen atoms in total. The van der Waals surface area contributed by atoms with Crippen LogP contribution in [0.15, 0.2) is 47.4 Å². The standard InChI is InChI=1S/C25H31BN4O4S/c1-16-15-29(19-9-11-20(12-10-19)35(7,31)32)22-14-18(26-33-24(3,4)25(5,6)34-26)8-13-21(22)30-17(2)27-28-23(16)30/h8-14,16H,15H2,1-7H3. The van der Waals surface area contributed by atoms with Crippen LogP contribution in [0.1, 0.15) is 52.2 Å². The number of fused-ring (bicyclic) bond motifs is 3. The van der Waals surface area contributed by atoms with E-state index in [1.807, 2.05) is 52.8 Å². The van der Waals surface area contributed by atoms with Crippen LogP contribution in [0.3, 0.4) is 0 Å². The minimum Gasteiger partial charge on any atom is -0.399 e. The van der Waals surface area contributed by atoms with E-state index < -0.39 is 28.2 Å². The summed E-state index contributed by atoms with van der Waals surface area (Å²) in [6.45, 7) is 12.9. The number of rotatable bonds is 3. The predicted molar refractivity (Wildman–Crippen MR) is 137 cm³/mol. The van der Waals surface area contributed by atoms with Gasteiger partial charge >= 0.3 is 7.12 Å². The van der Waals surface area contributed by atoms with Crippen LogP contribution in [0.5, 0.6) is 0 Å². The Kier molecular flexibility index (Phi) is 5.43. The molecule has 184 valence electrons. The highest BCUT2D eigenvalue weighted by molar-refractivity contribution is 7.90. The van der Waals surface area contributed by atoms with Crippen LogP contribution in [-0.4, -0.2) is 54.3 Å². The van der Waals surface area contributed by atoms with Crippen molar-refractivity contribution in [2.24, 2.45) is 0 Å². The van der Waals surface area contributed by atoms with Crippen molar-refractivity contribution in [3.05, 3.63) is 54.1 Å². The molecule has 2 aliphatic rings. The molecule has 2 aromatic carbocycles. The van der Waals surface area contributed by atoms with Gasteiger partial charge in [-0.2, -0.15) is 0 Å². The highest BCUT2D eigenvalue weighted by Gasteiger charge is 2.52. The SMILES string of the molecule is Cc1nnc2n1-c1ccc(B3OC(C)(C)C(C)(C)O3)cc1N(c1ccc(S(C)(=O)=O)cc1)CC2C. The highest BCUT2D eigenvalue weighted by Crippen LogP contribution is 2.40. The van der Waals surface area contributed by atoms with Crippen LogP contribution in [0, 0.1) is 6.92 Å². The molecule has 10 heteroatoms. The van der Waals surface area contributed by atoms with Crippen LogP contribution >= 0.6 is 0 Å². The number of nitrogens with zero attached hydrogens (tertiary/aromatic N) is 4. The zero-order valence-electron chi connectivity index (χ0n) is 21.2. The van der Waals surface area contributed by atoms with E-state index in [1.165, 1.54) is 6.26 Å². The molecule has 2 aliphatic heterocycles. The van der Waals surface area contributed by atoms with Gasteiger partial charge in [0.15, 0.2) is 9.84 Å². The van der Waals surface area contributed by atoms with Gasteiger partial charge in [0.1, 0.15) is 11.6 Å². The Morgan fingerprint density at radius 2 is 1.60 bits per heavy atom. The van der Waals surface area contributed by atoms with Gasteiger partial charge in [-0.3, -0.25) is 4.57 Å². The molecule has 35 heavy (non-hydrogen) atoms. The molecule has 0 saturated carbocycles. The first-order valence-electron chi connectivity index (χ1n) is 11.8. The van der Waals surface area contributed by atoms with Gasteiger partial charge in [0, 0.05) is 24.4 Å². The molecule has 0 amide bonds. The third-order valence-electron chi connectivity index (χ3n) is 7.38. The Morgan fingerprint density at radius 1 is 0.971 bits per heavy atom. The largest absolute Gasteiger partial charge is 0.494 e. The van der Waals surface area contributed by atoms with Gasteiger partial charge in [-0.25, -0.2) is 8.42 Å². The third-order valence-corrected chi connectivity index (χ3v) is 8.51. The maximum Gasteiger partial charge on any atom is 0.494 e. The first-order valence-corrected chi connectivity index (χ1v) is 13.7. The predicted octanol–water partition coefficient (Wildman–Crippen LogP) is 3.53. The number of benzene rings is 2. The lowest BCUT2D eigenvalue weighted by Gasteiger charge is -2.32. The number of hydrogen-bond donors (Lipinski definition) is 0. The van der Waals surface area contributed by atoms with E-state index in [0.29, 0.717) is 11.4 Å². The van der Waals surface area contributed by atoms with Gasteiger partial charge in [0.05, 0.1) is 27.5 Å². The van der Waals surface area contributed by atoms with Crippen molar-refractivity contribution in [2.45, 2.75) is 63.6 Å². The zero-order chi connectivity index (χ0) is 25.3. The van der Waals surface area contributed by atoms with Crippen molar-refractivity contribution in [2.75, 3.05) is 17.7 Å². The van der Waals surface area contributed by atoms with Crippen LogP contribution in [0.2, 0.25) is 0 Å². The van der Waals surface area contributed by atoms with Gasteiger partial charge in [-0.1, -0.05) is 13.0 Å². The number of aromatic nitrogens is 3. The summed E-state index contributed by atoms with van der Waals surface area (Å²) < 4.78 is 38.8. The van der Waals surface area contributed by atoms with E-state index >= 15 is 0 Å². The normalized spacial score (nSPS) is 20.9. The quantitative estimate of drug-likeness (QED) is 0.515. The van der Waals surface area contributed by atoms with Gasteiger partial charge in [-0.05, 0) is 76.5 Å². The number of sulfone groups is 1. The minimum atomic E-state index is -3.28. The van der Waals surface area contributed by atoms with Crippen LogP contribution in [0.25, 0.3) is 5.69 Å². The molecular weight excluding hydrogens is 463 g/mol. The van der Waals surface area contributed by atoms with E-state index in [4.69, 9.17) is 9.31 Å². The second-order valence-electron chi connectivity index (χ2n) is 10.6. The molecule has 1 fully saturated rings. The lowest BCUT2D eigenvalue weighted by Crippen LogP contribution is -2.41. The Bertz CT molecular complexity index is 1380. The molecular formula is C25H31BN4O4S. The first kappa shape index (κ1) is 24.0. The topological polar surface area (TPSA) is 86.6 Å². The molecule has 0 radical (unpaired) electrons. The van der Waals surface area contributed by atoms with Crippen molar-refractivity contribution in [1.29, 1.82) is 0 Å². The fourth-order valence-electron chi connectivity index (χ4n) is 4.64. The molecule has 0 N–H and O–H groups in total. The summed E-state index contributed by atoms with van der Waals surface area (Å²) in [4.78, 5) is 2.50. The van der Waals surface area contributed by atoms with E-state index in [2.05, 4.69) is 38.7 Å². The number of hydrogen-bond acceptors (Lipinski definition) is 7. The summed E-state index contributed by atoms with van der Waals surface area (Å²) in [6.07, 6.45) is 1.22. The molecule has 1 aromatic heterocycles. The van der Waals surface area contributed by atoms with E-state index in [9.17, 15) is 8.42 Å². The van der Waals surface area contributed by atoms with Crippen LogP contribution in [-0.2, 0) is 19.1 Å². The fraction of sp³-hybridized carbons (Fsp3) is 0.440. The molecule has 5 rings (SSSR count). The monoisotopic (exact) mass is 494 g/mol. The molecule has 0 spiro atoms. The summed E-state index contributed by atoms with van der Waals surface area (Å²) in [6, 6.07) is 13.2. The van der Waals surface area contributed by atoms with Gasteiger partial charge in [0.25, 0.3) is 0 Å². The maximum absolute atomic E-state index is 12.0. The van der Waals surface area contributed by atoms with Crippen molar-refractivity contribution < 1.29 is 17.7 Å². The summed E-state index contributed by atoms with van der Waals surface area (Å²) in [5.74, 6) is 1.78. The second-order valence-corrected chi connectivity index (χ2v) is 12.6. The average molecular weight is 494 g/mol. The van der Waals surface area contributed by atoms with E-state index in [0.717, 1.165) is 34.2 Å². The van der Waals surface area contributed by atoms with Crippen molar-refractivity contribution in [3.63, 3.8) is 0 Å². The summed E-state index contributed by atoms with van der Waals surface area (Å²) in [7, 11) is -3.78. The Hall–Kier alpha value is -2.69. The molecule has 1 atom stereocenters. The Labute approximate surface area is 207 Å². The van der Waals surface area contributed by atoms with Gasteiger partial charge in [0.2, 0.25) is 0 Å². The first-order chi connectivity index (χ1) is 16.3. The zero-order valence-corrected chi connectivity index (χ0v) is 22.0. The van der Waals surface area contributed by atoms with Crippen LogP contribution < -0.4 is 10.4 Å². The average Bonchev–Trinajstić information content (AvgIpc) is 3.22. The van der Waals surface area contributed by atoms with Crippen LogP contribution in [0.4, 0.5) is 11.4 Å². The number of aryl methyl sites for hydroxylation is 1. The Balaban J connectivity index is 1.65. The maximum atomic E-state index is 12.0. The summed E-state index contributed by atoms with van der Waals surface area (Å²) >= 11 is 0. The summed E-state index contributed by atoms with van der Waals surface area (Å²) in [5.41, 5.74) is 2.84. The van der Waals surface area contributed by atoms with Crippen molar-refractivity contribution in [1.82, 2.24) is 14.8 Å². The summed E-state index contributed by atoms with van der Waals surface area (Å²) in [5, 5.41) is 8.81. The van der Waals surface area contributed by atoms with Crippen molar-refractivity contribution in [3.8, 4) is 5.69 Å². The van der Waals surface area contributed by atoms with Gasteiger partial charge < -0.3 is 14.2 Å². The van der Waals surface area contributed by atoms with Gasteiger partial charge in [-0.15, -0.1) is 10.2 Å². The van der Waals surface area contributed by atoms with E-state index in [1.54, 1.807) is 12.1 Å². The lowest BCUT2D eigenvalue weighted by atomic mass is 9.78. The molecule has 0 aliphatic carbocycles. The Morgan fingerprint density at radius 3 is 2.20 bits per heavy atom. The number of anilines is 2. The fourth-order valence-corrected chi connectivity index (χ4v) is 5.27. The van der Waals surface area contributed by atoms with Crippen molar-refractivity contribution >= 4 is 33.8 Å². The molecule has 3 aromatic rings. The lowest BCUT2D eigenvalue weighted by molar-refractivity contribution is 0.00578. The molecule has 1 unspecified atom stereocenters. The second kappa shape index (κ2) is 7.91. The highest BCUT2D eigenvalue weighted by atomic mass is 32.2. The van der Waals surface area contributed by atoms with E-state index in [-0.39, 0.29) is 5.92 Å². The molecule has 0 bridgehead atoms. The molecule has 3 heterocycles.